The highest BCUT2D eigenvalue weighted by atomic mass is 16.5. The summed E-state index contributed by atoms with van der Waals surface area (Å²) in [4.78, 5) is 0. The molecule has 0 heterocycles. The molecule has 0 N–H and O–H groups in total. The van der Waals surface area contributed by atoms with Crippen molar-refractivity contribution in [3.63, 3.8) is 0 Å². The Labute approximate surface area is 203 Å². The molecule has 2 saturated carbocycles. The topological polar surface area (TPSA) is 18.5 Å². The predicted octanol–water partition coefficient (Wildman–Crippen LogP) is 8.61. The van der Waals surface area contributed by atoms with Gasteiger partial charge in [-0.05, 0) is 106 Å². The Morgan fingerprint density at radius 2 is 1.45 bits per heavy atom. The molecule has 1 aromatic carbocycles. The fourth-order valence-corrected chi connectivity index (χ4v) is 5.24. The molecule has 0 unspecified atom stereocenters. The molecule has 0 bridgehead atoms. The zero-order valence-corrected chi connectivity index (χ0v) is 21.2. The van der Waals surface area contributed by atoms with Gasteiger partial charge in [-0.2, -0.15) is 0 Å². The second-order valence-electron chi connectivity index (χ2n) is 10.3. The van der Waals surface area contributed by atoms with E-state index in [-0.39, 0.29) is 0 Å². The van der Waals surface area contributed by atoms with Crippen molar-refractivity contribution in [2.45, 2.75) is 97.3 Å². The molecule has 0 saturated heterocycles. The Morgan fingerprint density at radius 1 is 0.788 bits per heavy atom. The normalized spacial score (nSPS) is 25.4. The van der Waals surface area contributed by atoms with Crippen LogP contribution in [0.25, 0.3) is 0 Å². The first kappa shape index (κ1) is 25.7. The molecule has 0 aromatic heterocycles. The lowest BCUT2D eigenvalue weighted by molar-refractivity contribution is 0.196. The van der Waals surface area contributed by atoms with E-state index in [9.17, 15) is 0 Å². The SMILES string of the molecule is CCCCC[C@H]1CC[C@H](/C=C/C#C[C@H]2CC[C@H](COc3ccc(OCCC)cc3)CC2)CC1. The summed E-state index contributed by atoms with van der Waals surface area (Å²) in [5, 5.41) is 0. The van der Waals surface area contributed by atoms with E-state index in [1.165, 1.54) is 77.0 Å². The van der Waals surface area contributed by atoms with Crippen LogP contribution in [0.5, 0.6) is 11.5 Å². The van der Waals surface area contributed by atoms with E-state index in [1.54, 1.807) is 0 Å². The Kier molecular flexibility index (Phi) is 11.8. The van der Waals surface area contributed by atoms with E-state index >= 15 is 0 Å². The van der Waals surface area contributed by atoms with Crippen molar-refractivity contribution in [3.05, 3.63) is 36.4 Å². The molecule has 2 fully saturated rings. The van der Waals surface area contributed by atoms with Crippen molar-refractivity contribution >= 4 is 0 Å². The van der Waals surface area contributed by atoms with Gasteiger partial charge in [-0.3, -0.25) is 0 Å². The number of ether oxygens (including phenoxy) is 2. The highest BCUT2D eigenvalue weighted by molar-refractivity contribution is 5.31. The molecule has 1 aromatic rings. The monoisotopic (exact) mass is 450 g/mol. The number of allylic oxidation sites excluding steroid dienone is 2. The van der Waals surface area contributed by atoms with Crippen LogP contribution in [0, 0.1) is 35.5 Å². The van der Waals surface area contributed by atoms with E-state index in [0.717, 1.165) is 43.0 Å². The molecule has 2 aliphatic rings. The summed E-state index contributed by atoms with van der Waals surface area (Å²) in [7, 11) is 0. The molecule has 0 atom stereocenters. The van der Waals surface area contributed by atoms with Gasteiger partial charge in [0.05, 0.1) is 13.2 Å². The molecular weight excluding hydrogens is 404 g/mol. The van der Waals surface area contributed by atoms with Gasteiger partial charge in [0, 0.05) is 5.92 Å². The molecule has 182 valence electrons. The highest BCUT2D eigenvalue weighted by Gasteiger charge is 2.21. The molecule has 3 rings (SSSR count). The Balaban J connectivity index is 1.28. The van der Waals surface area contributed by atoms with Gasteiger partial charge in [0.1, 0.15) is 11.5 Å². The molecule has 0 radical (unpaired) electrons. The van der Waals surface area contributed by atoms with Crippen molar-refractivity contribution in [1.82, 2.24) is 0 Å². The van der Waals surface area contributed by atoms with Gasteiger partial charge in [-0.1, -0.05) is 57.4 Å². The Hall–Kier alpha value is -1.88. The van der Waals surface area contributed by atoms with Crippen LogP contribution in [-0.2, 0) is 0 Å². The van der Waals surface area contributed by atoms with Crippen LogP contribution in [0.1, 0.15) is 97.3 Å². The average Bonchev–Trinajstić information content (AvgIpc) is 2.86. The van der Waals surface area contributed by atoms with Crippen LogP contribution in [0.3, 0.4) is 0 Å². The Bertz CT molecular complexity index is 722. The molecule has 2 heteroatoms. The fourth-order valence-electron chi connectivity index (χ4n) is 5.24. The number of benzene rings is 1. The maximum Gasteiger partial charge on any atom is 0.119 e. The van der Waals surface area contributed by atoms with Gasteiger partial charge in [-0.15, -0.1) is 0 Å². The smallest absolute Gasteiger partial charge is 0.119 e. The summed E-state index contributed by atoms with van der Waals surface area (Å²) in [6, 6.07) is 8.05. The minimum Gasteiger partial charge on any atom is -0.494 e. The van der Waals surface area contributed by atoms with Crippen molar-refractivity contribution in [1.29, 1.82) is 0 Å². The quantitative estimate of drug-likeness (QED) is 0.248. The molecular formula is C31H46O2. The second-order valence-corrected chi connectivity index (χ2v) is 10.3. The lowest BCUT2D eigenvalue weighted by atomic mass is 9.79. The summed E-state index contributed by atoms with van der Waals surface area (Å²) >= 11 is 0. The van der Waals surface area contributed by atoms with Crippen molar-refractivity contribution in [2.24, 2.45) is 23.7 Å². The fraction of sp³-hybridized carbons (Fsp3) is 0.677. The minimum absolute atomic E-state index is 0.565. The van der Waals surface area contributed by atoms with Gasteiger partial charge >= 0.3 is 0 Å². The maximum atomic E-state index is 6.04. The second kappa shape index (κ2) is 15.1. The first-order chi connectivity index (χ1) is 16.3. The third kappa shape index (κ3) is 9.87. The number of unbranched alkanes of at least 4 members (excludes halogenated alkanes) is 2. The molecule has 0 spiro atoms. The number of rotatable bonds is 11. The lowest BCUT2D eigenvalue weighted by Gasteiger charge is -2.26. The summed E-state index contributed by atoms with van der Waals surface area (Å²) < 4.78 is 11.7. The van der Waals surface area contributed by atoms with Crippen molar-refractivity contribution in [2.75, 3.05) is 13.2 Å². The molecule has 0 amide bonds. The predicted molar refractivity (Wildman–Crippen MR) is 140 cm³/mol. The van der Waals surface area contributed by atoms with Crippen molar-refractivity contribution in [3.8, 4) is 23.3 Å². The minimum atomic E-state index is 0.565. The van der Waals surface area contributed by atoms with Crippen LogP contribution >= 0.6 is 0 Å². The first-order valence-corrected chi connectivity index (χ1v) is 13.8. The molecule has 0 aliphatic heterocycles. The van der Waals surface area contributed by atoms with Gasteiger partial charge in [0.2, 0.25) is 0 Å². The maximum absolute atomic E-state index is 6.04. The van der Waals surface area contributed by atoms with Crippen LogP contribution in [0.15, 0.2) is 36.4 Å². The largest absolute Gasteiger partial charge is 0.494 e. The van der Waals surface area contributed by atoms with Crippen molar-refractivity contribution < 1.29 is 9.47 Å². The van der Waals surface area contributed by atoms with E-state index in [1.807, 2.05) is 24.3 Å². The standard InChI is InChI=1S/C31H46O2/c1-3-5-6-9-26-12-14-27(15-13-26)10-7-8-11-28-16-18-29(19-17-28)25-33-31-22-20-30(21-23-31)32-24-4-2/h7,10,20-23,26-29H,3-6,9,12-19,24-25H2,1-2H3/b10-7+/t26-,27-,28-,29-. The van der Waals surface area contributed by atoms with Crippen LogP contribution in [0.4, 0.5) is 0 Å². The summed E-state index contributed by atoms with van der Waals surface area (Å²) in [5.41, 5.74) is 0. The zero-order chi connectivity index (χ0) is 23.1. The molecule has 2 aliphatic carbocycles. The Morgan fingerprint density at radius 3 is 2.12 bits per heavy atom. The third-order valence-corrected chi connectivity index (χ3v) is 7.48. The van der Waals surface area contributed by atoms with Crippen LogP contribution in [0.2, 0.25) is 0 Å². The molecule has 33 heavy (non-hydrogen) atoms. The molecule has 2 nitrogen and oxygen atoms in total. The summed E-state index contributed by atoms with van der Waals surface area (Å²) in [6.07, 6.45) is 21.7. The van der Waals surface area contributed by atoms with E-state index in [2.05, 4.69) is 37.8 Å². The lowest BCUT2D eigenvalue weighted by Crippen LogP contribution is -2.19. The summed E-state index contributed by atoms with van der Waals surface area (Å²) in [5.74, 6) is 11.7. The van der Waals surface area contributed by atoms with E-state index in [0.29, 0.717) is 11.8 Å². The van der Waals surface area contributed by atoms with Gasteiger partial charge in [-0.25, -0.2) is 0 Å². The third-order valence-electron chi connectivity index (χ3n) is 7.48. The average molecular weight is 451 g/mol. The zero-order valence-electron chi connectivity index (χ0n) is 21.2. The van der Waals surface area contributed by atoms with E-state index in [4.69, 9.17) is 9.47 Å². The van der Waals surface area contributed by atoms with E-state index < -0.39 is 0 Å². The van der Waals surface area contributed by atoms with Gasteiger partial charge < -0.3 is 9.47 Å². The number of hydrogen-bond acceptors (Lipinski definition) is 2. The highest BCUT2D eigenvalue weighted by Crippen LogP contribution is 2.33. The van der Waals surface area contributed by atoms with Gasteiger partial charge in [0.15, 0.2) is 0 Å². The van der Waals surface area contributed by atoms with Crippen LogP contribution < -0.4 is 9.47 Å². The summed E-state index contributed by atoms with van der Waals surface area (Å²) in [6.45, 7) is 6.00. The van der Waals surface area contributed by atoms with Crippen LogP contribution in [-0.4, -0.2) is 13.2 Å². The first-order valence-electron chi connectivity index (χ1n) is 13.8. The van der Waals surface area contributed by atoms with Gasteiger partial charge in [0.25, 0.3) is 0 Å². The number of hydrogen-bond donors (Lipinski definition) is 0.